The van der Waals surface area contributed by atoms with Crippen molar-refractivity contribution >= 4 is 38.2 Å². The van der Waals surface area contributed by atoms with Crippen molar-refractivity contribution in [1.29, 1.82) is 0 Å². The lowest BCUT2D eigenvalue weighted by atomic mass is 9.95. The number of carbonyl (C=O) groups excluding carboxylic acids is 2. The molecule has 1 aromatic heterocycles. The van der Waals surface area contributed by atoms with E-state index in [0.717, 1.165) is 36.1 Å². The van der Waals surface area contributed by atoms with E-state index < -0.39 is 15.9 Å². The molecule has 2 aliphatic rings. The summed E-state index contributed by atoms with van der Waals surface area (Å²) in [6.07, 6.45) is 6.01. The highest BCUT2D eigenvalue weighted by molar-refractivity contribution is 7.88. The molecule has 1 aliphatic heterocycles. The van der Waals surface area contributed by atoms with E-state index in [2.05, 4.69) is 5.32 Å². The Balaban J connectivity index is 1.72. The number of nitrogens with one attached hydrogen (secondary N) is 1. The summed E-state index contributed by atoms with van der Waals surface area (Å²) in [5.41, 5.74) is 7.00. The zero-order chi connectivity index (χ0) is 18.2. The zero-order valence-corrected chi connectivity index (χ0v) is 15.8. The van der Waals surface area contributed by atoms with Crippen molar-refractivity contribution in [3.05, 3.63) is 16.0 Å². The molecule has 0 saturated carbocycles. The smallest absolute Gasteiger partial charge is 0.251 e. The Kier molecular flexibility index (Phi) is 5.17. The van der Waals surface area contributed by atoms with Gasteiger partial charge >= 0.3 is 0 Å². The molecule has 1 aliphatic carbocycles. The minimum absolute atomic E-state index is 0.158. The first-order chi connectivity index (χ1) is 11.8. The van der Waals surface area contributed by atoms with Crippen molar-refractivity contribution < 1.29 is 18.0 Å². The molecule has 2 heterocycles. The van der Waals surface area contributed by atoms with E-state index in [1.165, 1.54) is 21.9 Å². The number of hydrogen-bond acceptors (Lipinski definition) is 5. The van der Waals surface area contributed by atoms with Gasteiger partial charge in [0.05, 0.1) is 11.8 Å². The first-order valence-electron chi connectivity index (χ1n) is 8.47. The number of nitrogens with zero attached hydrogens (tertiary/aromatic N) is 1. The van der Waals surface area contributed by atoms with Crippen molar-refractivity contribution in [1.82, 2.24) is 4.31 Å². The number of nitrogens with two attached hydrogens (primary N) is 1. The van der Waals surface area contributed by atoms with Gasteiger partial charge in [-0.1, -0.05) is 0 Å². The number of hydrogen-bond donors (Lipinski definition) is 2. The van der Waals surface area contributed by atoms with Crippen LogP contribution in [0.15, 0.2) is 0 Å². The van der Waals surface area contributed by atoms with Crippen molar-refractivity contribution in [2.75, 3.05) is 24.7 Å². The Hall–Kier alpha value is -1.45. The minimum atomic E-state index is -3.21. The molecule has 3 N–H and O–H groups in total. The predicted molar refractivity (Wildman–Crippen MR) is 97.2 cm³/mol. The maximum absolute atomic E-state index is 12.6. The molecule has 1 aromatic rings. The molecule has 25 heavy (non-hydrogen) atoms. The fourth-order valence-corrected chi connectivity index (χ4v) is 5.75. The van der Waals surface area contributed by atoms with Crippen molar-refractivity contribution in [3.63, 3.8) is 0 Å². The number of amides is 2. The van der Waals surface area contributed by atoms with Gasteiger partial charge in [-0.15, -0.1) is 11.3 Å². The molecule has 0 spiro atoms. The minimum Gasteiger partial charge on any atom is -0.365 e. The Morgan fingerprint density at radius 1 is 1.20 bits per heavy atom. The van der Waals surface area contributed by atoms with Gasteiger partial charge in [-0.25, -0.2) is 12.7 Å². The lowest BCUT2D eigenvalue weighted by molar-refractivity contribution is -0.120. The molecule has 0 aromatic carbocycles. The summed E-state index contributed by atoms with van der Waals surface area (Å²) >= 11 is 1.45. The van der Waals surface area contributed by atoms with Crippen LogP contribution in [0.3, 0.4) is 0 Å². The molecule has 9 heteroatoms. The van der Waals surface area contributed by atoms with Gasteiger partial charge in [-0.05, 0) is 44.1 Å². The fraction of sp³-hybridized carbons (Fsp3) is 0.625. The van der Waals surface area contributed by atoms with E-state index in [1.807, 2.05) is 0 Å². The molecular weight excluding hydrogens is 362 g/mol. The van der Waals surface area contributed by atoms with Crippen LogP contribution in [-0.2, 0) is 27.7 Å². The van der Waals surface area contributed by atoms with Crippen molar-refractivity contribution in [3.8, 4) is 0 Å². The highest BCUT2D eigenvalue weighted by atomic mass is 32.2. The van der Waals surface area contributed by atoms with Crippen LogP contribution in [0.2, 0.25) is 0 Å². The topological polar surface area (TPSA) is 110 Å². The molecule has 1 saturated heterocycles. The Morgan fingerprint density at radius 2 is 1.84 bits per heavy atom. The first kappa shape index (κ1) is 18.3. The lowest BCUT2D eigenvalue weighted by Gasteiger charge is -2.29. The van der Waals surface area contributed by atoms with Gasteiger partial charge in [-0.2, -0.15) is 0 Å². The van der Waals surface area contributed by atoms with Gasteiger partial charge < -0.3 is 11.1 Å². The van der Waals surface area contributed by atoms with Crippen molar-refractivity contribution in [2.24, 2.45) is 11.7 Å². The SMILES string of the molecule is CS(=O)(=O)N1CCC(C(=O)Nc2sc3c(c2C(N)=O)CCCC3)CC1. The lowest BCUT2D eigenvalue weighted by Crippen LogP contribution is -2.40. The molecule has 7 nitrogen and oxygen atoms in total. The van der Waals surface area contributed by atoms with Crippen LogP contribution in [0.25, 0.3) is 0 Å². The molecule has 0 radical (unpaired) electrons. The summed E-state index contributed by atoms with van der Waals surface area (Å²) in [4.78, 5) is 25.6. The van der Waals surface area contributed by atoms with E-state index >= 15 is 0 Å². The quantitative estimate of drug-likeness (QED) is 0.815. The molecule has 1 fully saturated rings. The number of anilines is 1. The second-order valence-electron chi connectivity index (χ2n) is 6.70. The van der Waals surface area contributed by atoms with E-state index in [9.17, 15) is 18.0 Å². The van der Waals surface area contributed by atoms with E-state index in [1.54, 1.807) is 0 Å². The van der Waals surface area contributed by atoms with Crippen LogP contribution in [0.4, 0.5) is 5.00 Å². The second-order valence-corrected chi connectivity index (χ2v) is 9.79. The number of primary amides is 1. The Bertz CT molecular complexity index is 793. The Labute approximate surface area is 151 Å². The highest BCUT2D eigenvalue weighted by Gasteiger charge is 2.31. The number of rotatable bonds is 4. The van der Waals surface area contributed by atoms with Gasteiger partial charge in [0.15, 0.2) is 0 Å². The molecule has 3 rings (SSSR count). The maximum Gasteiger partial charge on any atom is 0.251 e. The summed E-state index contributed by atoms with van der Waals surface area (Å²) in [5, 5.41) is 3.43. The summed E-state index contributed by atoms with van der Waals surface area (Å²) in [6, 6.07) is 0. The fourth-order valence-electron chi connectivity index (χ4n) is 3.58. The highest BCUT2D eigenvalue weighted by Crippen LogP contribution is 2.38. The normalized spacial score (nSPS) is 19.4. The van der Waals surface area contributed by atoms with Crippen LogP contribution in [0.1, 0.15) is 46.5 Å². The van der Waals surface area contributed by atoms with Crippen LogP contribution >= 0.6 is 11.3 Å². The van der Waals surface area contributed by atoms with Gasteiger partial charge in [-0.3, -0.25) is 9.59 Å². The standard InChI is InChI=1S/C16H23N3O4S2/c1-25(22,23)19-8-6-10(7-9-19)15(21)18-16-13(14(17)20)11-4-2-3-5-12(11)24-16/h10H,2-9H2,1H3,(H2,17,20)(H,18,21). The number of thiophene rings is 1. The van der Waals surface area contributed by atoms with Crippen LogP contribution < -0.4 is 11.1 Å². The molecule has 2 amide bonds. The number of piperidine rings is 1. The zero-order valence-electron chi connectivity index (χ0n) is 14.2. The Morgan fingerprint density at radius 3 is 2.44 bits per heavy atom. The third-order valence-electron chi connectivity index (χ3n) is 4.95. The van der Waals surface area contributed by atoms with Gasteiger partial charge in [0.25, 0.3) is 5.91 Å². The maximum atomic E-state index is 12.6. The third-order valence-corrected chi connectivity index (χ3v) is 7.46. The first-order valence-corrected chi connectivity index (χ1v) is 11.1. The summed E-state index contributed by atoms with van der Waals surface area (Å²) in [7, 11) is -3.21. The van der Waals surface area contributed by atoms with E-state index in [-0.39, 0.29) is 11.8 Å². The average Bonchev–Trinajstić information content (AvgIpc) is 2.92. The number of fused-ring (bicyclic) bond motifs is 1. The van der Waals surface area contributed by atoms with E-state index in [4.69, 9.17) is 5.73 Å². The summed E-state index contributed by atoms with van der Waals surface area (Å²) in [5.74, 6) is -0.909. The molecule has 0 bridgehead atoms. The molecule has 0 unspecified atom stereocenters. The van der Waals surface area contributed by atoms with Gasteiger partial charge in [0.1, 0.15) is 5.00 Å². The number of carbonyl (C=O) groups is 2. The molecule has 0 atom stereocenters. The summed E-state index contributed by atoms with van der Waals surface area (Å²) < 4.78 is 24.5. The van der Waals surface area contributed by atoms with Crippen LogP contribution in [0, 0.1) is 5.92 Å². The van der Waals surface area contributed by atoms with Crippen LogP contribution in [0.5, 0.6) is 0 Å². The average molecular weight is 386 g/mol. The van der Waals surface area contributed by atoms with Gasteiger partial charge in [0, 0.05) is 23.9 Å². The molecular formula is C16H23N3O4S2. The van der Waals surface area contributed by atoms with E-state index in [0.29, 0.717) is 36.5 Å². The third kappa shape index (κ3) is 3.88. The summed E-state index contributed by atoms with van der Waals surface area (Å²) in [6.45, 7) is 0.696. The van der Waals surface area contributed by atoms with Gasteiger partial charge in [0.2, 0.25) is 15.9 Å². The largest absolute Gasteiger partial charge is 0.365 e. The predicted octanol–water partition coefficient (Wildman–Crippen LogP) is 1.34. The van der Waals surface area contributed by atoms with Crippen LogP contribution in [-0.4, -0.2) is 43.9 Å². The monoisotopic (exact) mass is 385 g/mol. The number of sulfonamides is 1. The van der Waals surface area contributed by atoms with Crippen molar-refractivity contribution in [2.45, 2.75) is 38.5 Å². The molecule has 138 valence electrons. The second kappa shape index (κ2) is 7.05. The number of aryl methyl sites for hydroxylation is 1.